The number of ether oxygens (including phenoxy) is 1. The fourth-order valence-electron chi connectivity index (χ4n) is 1.82. The van der Waals surface area contributed by atoms with Crippen molar-refractivity contribution >= 4 is 37.3 Å². The summed E-state index contributed by atoms with van der Waals surface area (Å²) in [6.07, 6.45) is 1.53. The lowest BCUT2D eigenvalue weighted by atomic mass is 10.1. The van der Waals surface area contributed by atoms with Crippen LogP contribution >= 0.6 is 27.3 Å². The van der Waals surface area contributed by atoms with E-state index in [0.29, 0.717) is 17.4 Å². The topological polar surface area (TPSA) is 46.6 Å². The third kappa shape index (κ3) is 2.90. The minimum Gasteiger partial charge on any atom is -0.381 e. The van der Waals surface area contributed by atoms with Crippen molar-refractivity contribution in [3.63, 3.8) is 0 Å². The summed E-state index contributed by atoms with van der Waals surface area (Å²) in [7, 11) is -1.70. The van der Waals surface area contributed by atoms with Crippen LogP contribution < -0.4 is 0 Å². The van der Waals surface area contributed by atoms with Gasteiger partial charge in [0.05, 0.1) is 3.79 Å². The molecule has 1 aliphatic rings. The van der Waals surface area contributed by atoms with Crippen molar-refractivity contribution in [2.45, 2.75) is 23.1 Å². The fourth-order valence-corrected chi connectivity index (χ4v) is 5.43. The molecule has 1 saturated heterocycles. The van der Waals surface area contributed by atoms with Gasteiger partial charge in [-0.1, -0.05) is 0 Å². The summed E-state index contributed by atoms with van der Waals surface area (Å²) in [5, 5.41) is 0. The number of halogens is 1. The van der Waals surface area contributed by atoms with Gasteiger partial charge in [-0.25, -0.2) is 8.42 Å². The Labute approximate surface area is 114 Å². The zero-order valence-corrected chi connectivity index (χ0v) is 12.6. The molecule has 1 fully saturated rings. The van der Waals surface area contributed by atoms with E-state index in [9.17, 15) is 8.42 Å². The Morgan fingerprint density at radius 1 is 1.41 bits per heavy atom. The predicted molar refractivity (Wildman–Crippen MR) is 70.8 cm³/mol. The minimum atomic E-state index is -3.35. The first-order valence-corrected chi connectivity index (χ1v) is 8.38. The van der Waals surface area contributed by atoms with Gasteiger partial charge in [0.25, 0.3) is 10.0 Å². The average molecular weight is 340 g/mol. The van der Waals surface area contributed by atoms with Crippen molar-refractivity contribution in [2.24, 2.45) is 0 Å². The van der Waals surface area contributed by atoms with Crippen LogP contribution in [0.4, 0.5) is 0 Å². The lowest BCUT2D eigenvalue weighted by Crippen LogP contribution is -2.40. The summed E-state index contributed by atoms with van der Waals surface area (Å²) >= 11 is 4.53. The molecule has 0 aliphatic carbocycles. The molecule has 0 aromatic carbocycles. The van der Waals surface area contributed by atoms with Gasteiger partial charge in [-0.2, -0.15) is 4.31 Å². The Kier molecular flexibility index (Phi) is 4.25. The highest BCUT2D eigenvalue weighted by molar-refractivity contribution is 9.11. The van der Waals surface area contributed by atoms with Crippen molar-refractivity contribution in [1.82, 2.24) is 4.31 Å². The third-order valence-corrected chi connectivity index (χ3v) is 6.89. The molecule has 2 rings (SSSR count). The van der Waals surface area contributed by atoms with Crippen LogP contribution in [0, 0.1) is 0 Å². The lowest BCUT2D eigenvalue weighted by Gasteiger charge is -2.29. The second-order valence-corrected chi connectivity index (χ2v) is 8.61. The van der Waals surface area contributed by atoms with Gasteiger partial charge in [0.1, 0.15) is 4.21 Å². The highest BCUT2D eigenvalue weighted by Crippen LogP contribution is 2.30. The van der Waals surface area contributed by atoms with Crippen LogP contribution in [0.2, 0.25) is 0 Å². The Bertz CT molecular complexity index is 479. The molecule has 0 N–H and O–H groups in total. The Hall–Kier alpha value is 0.0500. The number of hydrogen-bond acceptors (Lipinski definition) is 4. The number of thiophene rings is 1. The SMILES string of the molecule is CN(C1CCOCC1)S(=O)(=O)c1ccc(Br)s1. The summed E-state index contributed by atoms with van der Waals surface area (Å²) in [5.41, 5.74) is 0. The maximum Gasteiger partial charge on any atom is 0.252 e. The molecule has 7 heteroatoms. The van der Waals surface area contributed by atoms with E-state index in [-0.39, 0.29) is 6.04 Å². The van der Waals surface area contributed by atoms with Crippen LogP contribution in [0.1, 0.15) is 12.8 Å². The third-order valence-electron chi connectivity index (χ3n) is 2.89. The minimum absolute atomic E-state index is 0.0506. The molecule has 2 heterocycles. The van der Waals surface area contributed by atoms with E-state index in [1.54, 1.807) is 19.2 Å². The summed E-state index contributed by atoms with van der Waals surface area (Å²) in [5.74, 6) is 0. The molecule has 0 spiro atoms. The van der Waals surface area contributed by atoms with Gasteiger partial charge in [0.2, 0.25) is 0 Å². The Balaban J connectivity index is 2.20. The zero-order chi connectivity index (χ0) is 12.5. The van der Waals surface area contributed by atoms with Crippen molar-refractivity contribution < 1.29 is 13.2 Å². The zero-order valence-electron chi connectivity index (χ0n) is 9.43. The fraction of sp³-hybridized carbons (Fsp3) is 0.600. The number of nitrogens with zero attached hydrogens (tertiary/aromatic N) is 1. The quantitative estimate of drug-likeness (QED) is 0.848. The highest BCUT2D eigenvalue weighted by Gasteiger charge is 2.30. The molecular weight excluding hydrogens is 326 g/mol. The highest BCUT2D eigenvalue weighted by atomic mass is 79.9. The molecule has 0 atom stereocenters. The van der Waals surface area contributed by atoms with Crippen LogP contribution in [-0.2, 0) is 14.8 Å². The van der Waals surface area contributed by atoms with E-state index in [1.165, 1.54) is 15.6 Å². The molecule has 4 nitrogen and oxygen atoms in total. The van der Waals surface area contributed by atoms with Crippen molar-refractivity contribution in [2.75, 3.05) is 20.3 Å². The largest absolute Gasteiger partial charge is 0.381 e. The van der Waals surface area contributed by atoms with Crippen LogP contribution in [0.5, 0.6) is 0 Å². The lowest BCUT2D eigenvalue weighted by molar-refractivity contribution is 0.0632. The van der Waals surface area contributed by atoms with E-state index in [2.05, 4.69) is 15.9 Å². The van der Waals surface area contributed by atoms with E-state index in [1.807, 2.05) is 0 Å². The van der Waals surface area contributed by atoms with Crippen LogP contribution in [0.25, 0.3) is 0 Å². The maximum absolute atomic E-state index is 12.3. The number of sulfonamides is 1. The van der Waals surface area contributed by atoms with Crippen molar-refractivity contribution in [1.29, 1.82) is 0 Å². The Morgan fingerprint density at radius 3 is 2.59 bits per heavy atom. The second-order valence-electron chi connectivity index (χ2n) is 3.92. The normalized spacial score (nSPS) is 18.8. The average Bonchev–Trinajstić information content (AvgIpc) is 2.77. The summed E-state index contributed by atoms with van der Waals surface area (Å²) < 4.78 is 32.6. The van der Waals surface area contributed by atoms with E-state index in [0.717, 1.165) is 16.6 Å². The number of rotatable bonds is 3. The first kappa shape index (κ1) is 13.5. The molecule has 0 radical (unpaired) electrons. The first-order valence-electron chi connectivity index (χ1n) is 5.33. The smallest absolute Gasteiger partial charge is 0.252 e. The van der Waals surface area contributed by atoms with Crippen LogP contribution in [0.15, 0.2) is 20.1 Å². The molecule has 1 aromatic rings. The van der Waals surface area contributed by atoms with Gasteiger partial charge in [-0.15, -0.1) is 11.3 Å². The van der Waals surface area contributed by atoms with Gasteiger partial charge in [0, 0.05) is 26.3 Å². The first-order chi connectivity index (χ1) is 8.01. The molecule has 96 valence electrons. The van der Waals surface area contributed by atoms with Gasteiger partial charge in [-0.3, -0.25) is 0 Å². The Morgan fingerprint density at radius 2 is 2.06 bits per heavy atom. The van der Waals surface area contributed by atoms with Gasteiger partial charge in [0.15, 0.2) is 0 Å². The van der Waals surface area contributed by atoms with E-state index in [4.69, 9.17) is 4.74 Å². The van der Waals surface area contributed by atoms with Gasteiger partial charge in [-0.05, 0) is 40.9 Å². The predicted octanol–water partition coefficient (Wildman–Crippen LogP) is 2.31. The van der Waals surface area contributed by atoms with E-state index < -0.39 is 10.0 Å². The van der Waals surface area contributed by atoms with Crippen LogP contribution in [-0.4, -0.2) is 39.0 Å². The molecule has 0 saturated carbocycles. The molecule has 17 heavy (non-hydrogen) atoms. The molecule has 0 bridgehead atoms. The maximum atomic E-state index is 12.3. The second kappa shape index (κ2) is 5.36. The van der Waals surface area contributed by atoms with Crippen molar-refractivity contribution in [3.05, 3.63) is 15.9 Å². The van der Waals surface area contributed by atoms with Gasteiger partial charge >= 0.3 is 0 Å². The molecule has 1 aromatic heterocycles. The molecule has 0 amide bonds. The monoisotopic (exact) mass is 339 g/mol. The molecule has 1 aliphatic heterocycles. The summed E-state index contributed by atoms with van der Waals surface area (Å²) in [6.45, 7) is 1.28. The molecule has 0 unspecified atom stereocenters. The standard InChI is InChI=1S/C10H14BrNO3S2/c1-12(8-4-6-15-7-5-8)17(13,14)10-3-2-9(11)16-10/h2-3,8H,4-7H2,1H3. The summed E-state index contributed by atoms with van der Waals surface area (Å²) in [4.78, 5) is 0. The van der Waals surface area contributed by atoms with E-state index >= 15 is 0 Å². The van der Waals surface area contributed by atoms with Gasteiger partial charge < -0.3 is 4.74 Å². The molecular formula is C10H14BrNO3S2. The summed E-state index contributed by atoms with van der Waals surface area (Å²) in [6, 6.07) is 3.45. The van der Waals surface area contributed by atoms with Crippen molar-refractivity contribution in [3.8, 4) is 0 Å². The number of hydrogen-bond donors (Lipinski definition) is 0. The van der Waals surface area contributed by atoms with Crippen LogP contribution in [0.3, 0.4) is 0 Å².